The lowest BCUT2D eigenvalue weighted by molar-refractivity contribution is -0.161. The second-order valence-corrected chi connectivity index (χ2v) is 29.4. The Labute approximate surface area is 543 Å². The first-order chi connectivity index (χ1) is 42.8. The van der Waals surface area contributed by atoms with Crippen LogP contribution in [-0.2, 0) is 65.4 Å². The van der Waals surface area contributed by atoms with Gasteiger partial charge in [0.05, 0.1) is 26.4 Å². The fourth-order valence-corrected chi connectivity index (χ4v) is 12.1. The van der Waals surface area contributed by atoms with E-state index in [2.05, 4.69) is 48.5 Å². The Morgan fingerprint density at radius 3 is 0.854 bits per heavy atom. The molecule has 528 valence electrons. The lowest BCUT2D eigenvalue weighted by atomic mass is 9.99. The molecule has 0 rings (SSSR count). The Kier molecular flexibility index (Phi) is 59.6. The van der Waals surface area contributed by atoms with Crippen LogP contribution in [0.3, 0.4) is 0 Å². The van der Waals surface area contributed by atoms with E-state index < -0.39 is 97.5 Å². The fourth-order valence-electron chi connectivity index (χ4n) is 10.5. The molecule has 0 fully saturated rings. The second kappa shape index (κ2) is 61.0. The van der Waals surface area contributed by atoms with Crippen LogP contribution >= 0.6 is 15.6 Å². The normalized spacial score (nSPS) is 14.5. The van der Waals surface area contributed by atoms with Crippen LogP contribution in [0, 0.1) is 17.8 Å². The van der Waals surface area contributed by atoms with Crippen LogP contribution < -0.4 is 0 Å². The maximum absolute atomic E-state index is 13.0. The summed E-state index contributed by atoms with van der Waals surface area (Å²) in [6.07, 6.45) is 44.5. The summed E-state index contributed by atoms with van der Waals surface area (Å²) >= 11 is 0. The molecule has 0 aromatic rings. The zero-order chi connectivity index (χ0) is 65.9. The van der Waals surface area contributed by atoms with Crippen LogP contribution in [0.5, 0.6) is 0 Å². The molecule has 0 radical (unpaired) electrons. The van der Waals surface area contributed by atoms with Crippen LogP contribution in [0.25, 0.3) is 0 Å². The molecule has 17 nitrogen and oxygen atoms in total. The fraction of sp³-hybridized carbons (Fsp3) is 0.943. The number of carbonyl (C=O) groups excluding carboxylic acids is 4. The molecule has 0 aliphatic rings. The standard InChI is InChI=1S/C70H136O17P2/c1-8-10-11-12-13-14-23-30-39-46-53-69(74)87-66(58-81-68(73)52-45-38-33-32-35-42-49-62(5)6)60-85-89(78,79)83-56-64(71)55-82-88(76,77)84-59-65(57-80-67(72)51-44-37-29-26-25-28-36-43-50-63(7)9-2)86-70(75)54-47-40-31-24-21-19-17-15-16-18-20-22-27-34-41-48-61(3)4/h61-66,71H,8-60H2,1-7H3,(H,76,77)(H,78,79)/t63?,64-,65-,66-/m1/s1. The van der Waals surface area contributed by atoms with Crippen molar-refractivity contribution in [3.05, 3.63) is 0 Å². The zero-order valence-corrected chi connectivity index (χ0v) is 59.7. The Morgan fingerprint density at radius 1 is 0.326 bits per heavy atom. The van der Waals surface area contributed by atoms with Crippen LogP contribution in [0.2, 0.25) is 0 Å². The number of carbonyl (C=O) groups is 4. The molecule has 0 spiro atoms. The highest BCUT2D eigenvalue weighted by molar-refractivity contribution is 7.47. The molecular weight excluding hydrogens is 1170 g/mol. The third-order valence-electron chi connectivity index (χ3n) is 16.5. The van der Waals surface area contributed by atoms with Gasteiger partial charge in [-0.25, -0.2) is 9.13 Å². The van der Waals surface area contributed by atoms with E-state index in [9.17, 15) is 43.2 Å². The highest BCUT2D eigenvalue weighted by atomic mass is 31.2. The van der Waals surface area contributed by atoms with E-state index in [1.54, 1.807) is 0 Å². The van der Waals surface area contributed by atoms with Crippen molar-refractivity contribution < 1.29 is 80.2 Å². The first-order valence-electron chi connectivity index (χ1n) is 36.4. The molecule has 89 heavy (non-hydrogen) atoms. The van der Waals surface area contributed by atoms with Gasteiger partial charge in [0.2, 0.25) is 0 Å². The minimum absolute atomic E-state index is 0.105. The highest BCUT2D eigenvalue weighted by Crippen LogP contribution is 2.45. The molecule has 0 saturated heterocycles. The minimum atomic E-state index is -4.95. The Morgan fingerprint density at radius 2 is 0.573 bits per heavy atom. The molecule has 0 heterocycles. The summed E-state index contributed by atoms with van der Waals surface area (Å²) in [4.78, 5) is 72.4. The van der Waals surface area contributed by atoms with Crippen molar-refractivity contribution in [3.63, 3.8) is 0 Å². The predicted octanol–water partition coefficient (Wildman–Crippen LogP) is 19.8. The van der Waals surface area contributed by atoms with Gasteiger partial charge in [-0.05, 0) is 43.4 Å². The lowest BCUT2D eigenvalue weighted by Gasteiger charge is -2.21. The van der Waals surface area contributed by atoms with Crippen molar-refractivity contribution in [3.8, 4) is 0 Å². The first kappa shape index (κ1) is 87.1. The number of phosphoric ester groups is 2. The number of ether oxygens (including phenoxy) is 4. The van der Waals surface area contributed by atoms with Crippen LogP contribution in [-0.4, -0.2) is 96.7 Å². The van der Waals surface area contributed by atoms with Gasteiger partial charge >= 0.3 is 39.5 Å². The third kappa shape index (κ3) is 63.2. The van der Waals surface area contributed by atoms with E-state index in [4.69, 9.17) is 37.0 Å². The van der Waals surface area contributed by atoms with E-state index in [1.807, 2.05) is 0 Å². The van der Waals surface area contributed by atoms with Crippen molar-refractivity contribution in [1.82, 2.24) is 0 Å². The quantitative estimate of drug-likeness (QED) is 0.0222. The molecule has 0 aromatic heterocycles. The summed E-state index contributed by atoms with van der Waals surface area (Å²) in [5.41, 5.74) is 0. The van der Waals surface area contributed by atoms with Gasteiger partial charge in [-0.3, -0.25) is 37.3 Å². The largest absolute Gasteiger partial charge is 0.472 e. The number of aliphatic hydroxyl groups is 1. The average Bonchev–Trinajstić information content (AvgIpc) is 3.70. The summed E-state index contributed by atoms with van der Waals surface area (Å²) in [5, 5.41) is 10.6. The molecule has 3 unspecified atom stereocenters. The molecular formula is C70H136O17P2. The van der Waals surface area contributed by atoms with Crippen molar-refractivity contribution >= 4 is 39.5 Å². The molecule has 0 aliphatic carbocycles. The molecule has 0 aromatic carbocycles. The number of phosphoric acid groups is 2. The molecule has 6 atom stereocenters. The van der Waals surface area contributed by atoms with E-state index in [1.165, 1.54) is 154 Å². The minimum Gasteiger partial charge on any atom is -0.462 e. The van der Waals surface area contributed by atoms with Gasteiger partial charge in [0.15, 0.2) is 12.2 Å². The number of hydrogen-bond donors (Lipinski definition) is 3. The van der Waals surface area contributed by atoms with Crippen molar-refractivity contribution in [2.24, 2.45) is 17.8 Å². The van der Waals surface area contributed by atoms with Gasteiger partial charge in [-0.2, -0.15) is 0 Å². The van der Waals surface area contributed by atoms with Crippen molar-refractivity contribution in [1.29, 1.82) is 0 Å². The molecule has 0 saturated carbocycles. The van der Waals surface area contributed by atoms with Gasteiger partial charge in [0.1, 0.15) is 19.3 Å². The summed E-state index contributed by atoms with van der Waals surface area (Å²) in [6.45, 7) is 11.8. The monoisotopic (exact) mass is 1310 g/mol. The number of hydrogen-bond acceptors (Lipinski definition) is 15. The van der Waals surface area contributed by atoms with E-state index in [0.29, 0.717) is 31.6 Å². The average molecular weight is 1310 g/mol. The molecule has 3 N–H and O–H groups in total. The van der Waals surface area contributed by atoms with Crippen LogP contribution in [0.15, 0.2) is 0 Å². The molecule has 19 heteroatoms. The first-order valence-corrected chi connectivity index (χ1v) is 39.4. The highest BCUT2D eigenvalue weighted by Gasteiger charge is 2.30. The van der Waals surface area contributed by atoms with Gasteiger partial charge in [-0.1, -0.05) is 299 Å². The van der Waals surface area contributed by atoms with Gasteiger partial charge < -0.3 is 33.8 Å². The molecule has 0 amide bonds. The van der Waals surface area contributed by atoms with Crippen LogP contribution in [0.4, 0.5) is 0 Å². The third-order valence-corrected chi connectivity index (χ3v) is 18.4. The lowest BCUT2D eigenvalue weighted by Crippen LogP contribution is -2.30. The summed E-state index contributed by atoms with van der Waals surface area (Å²) < 4.78 is 68.2. The Hall–Kier alpha value is -1.94. The summed E-state index contributed by atoms with van der Waals surface area (Å²) in [6, 6.07) is 0. The molecule has 0 bridgehead atoms. The predicted molar refractivity (Wildman–Crippen MR) is 358 cm³/mol. The number of esters is 4. The number of unbranched alkanes of at least 4 members (excludes halogenated alkanes) is 35. The van der Waals surface area contributed by atoms with E-state index in [0.717, 1.165) is 108 Å². The Balaban J connectivity index is 5.22. The molecule has 0 aliphatic heterocycles. The topological polar surface area (TPSA) is 237 Å². The summed E-state index contributed by atoms with van der Waals surface area (Å²) in [7, 11) is -9.90. The Bertz CT molecular complexity index is 1750. The van der Waals surface area contributed by atoms with Crippen molar-refractivity contribution in [2.75, 3.05) is 39.6 Å². The zero-order valence-electron chi connectivity index (χ0n) is 57.9. The smallest absolute Gasteiger partial charge is 0.462 e. The summed E-state index contributed by atoms with van der Waals surface area (Å²) in [5.74, 6) is 0.131. The second-order valence-electron chi connectivity index (χ2n) is 26.5. The number of rotatable bonds is 68. The van der Waals surface area contributed by atoms with Crippen molar-refractivity contribution in [2.45, 2.75) is 369 Å². The van der Waals surface area contributed by atoms with Gasteiger partial charge in [0, 0.05) is 25.7 Å². The van der Waals surface area contributed by atoms with Gasteiger partial charge in [0.25, 0.3) is 0 Å². The maximum Gasteiger partial charge on any atom is 0.472 e. The van der Waals surface area contributed by atoms with Gasteiger partial charge in [-0.15, -0.1) is 0 Å². The SMILES string of the molecule is CCCCCCCCCCCCC(=O)O[C@H](COC(=O)CCCCCCCCC(C)C)COP(=O)(O)OC[C@H](O)COP(=O)(O)OC[C@@H](COC(=O)CCCCCCCCCCC(C)CC)OC(=O)CCCCCCCCCCCCCCCCCC(C)C. The van der Waals surface area contributed by atoms with E-state index >= 15 is 0 Å². The number of aliphatic hydroxyl groups excluding tert-OH is 1. The maximum atomic E-state index is 13.0. The van der Waals surface area contributed by atoms with E-state index in [-0.39, 0.29) is 25.7 Å². The van der Waals surface area contributed by atoms with Crippen LogP contribution in [0.1, 0.15) is 350 Å².